The first-order chi connectivity index (χ1) is 12.5. The molecule has 0 aromatic heterocycles. The quantitative estimate of drug-likeness (QED) is 0.333. The van der Waals surface area contributed by atoms with Crippen molar-refractivity contribution in [3.63, 3.8) is 0 Å². The van der Waals surface area contributed by atoms with Gasteiger partial charge in [-0.05, 0) is 23.9 Å². The van der Waals surface area contributed by atoms with Crippen LogP contribution in [0.4, 0.5) is 27.6 Å². The zero-order valence-corrected chi connectivity index (χ0v) is 14.5. The lowest BCUT2D eigenvalue weighted by molar-refractivity contribution is -0.237. The Labute approximate surface area is 153 Å². The Kier molecular flexibility index (Phi) is 7.18. The fourth-order valence-electron chi connectivity index (χ4n) is 1.61. The number of hydrogen-bond acceptors (Lipinski definition) is 7. The molecule has 6 nitrogen and oxygen atoms in total. The molecular formula is C15H11F5N2O4S. The van der Waals surface area contributed by atoms with E-state index >= 15 is 0 Å². The zero-order chi connectivity index (χ0) is 20.8. The molecule has 0 bridgehead atoms. The SMILES string of the molecule is COC(=O)/C=C(/Nc1cccc(SC(F)(F)C(F)(F)F)c1C#N)C(=O)OC. The minimum atomic E-state index is -5.84. The molecule has 0 fully saturated rings. The van der Waals surface area contributed by atoms with Gasteiger partial charge in [-0.2, -0.15) is 27.2 Å². The second-order valence-electron chi connectivity index (χ2n) is 4.60. The number of esters is 2. The molecule has 0 aliphatic rings. The molecule has 27 heavy (non-hydrogen) atoms. The summed E-state index contributed by atoms with van der Waals surface area (Å²) in [7, 11) is 2.00. The van der Waals surface area contributed by atoms with E-state index in [1.165, 1.54) is 6.07 Å². The third kappa shape index (κ3) is 5.58. The molecule has 0 saturated heterocycles. The van der Waals surface area contributed by atoms with Crippen molar-refractivity contribution in [1.82, 2.24) is 0 Å². The number of hydrogen-bond donors (Lipinski definition) is 1. The number of methoxy groups -OCH3 is 2. The number of thioether (sulfide) groups is 1. The molecule has 0 aliphatic carbocycles. The molecule has 1 N–H and O–H groups in total. The monoisotopic (exact) mass is 410 g/mol. The summed E-state index contributed by atoms with van der Waals surface area (Å²) in [5, 5.41) is 6.33. The van der Waals surface area contributed by atoms with Crippen LogP contribution < -0.4 is 5.32 Å². The van der Waals surface area contributed by atoms with E-state index in [0.717, 1.165) is 32.4 Å². The van der Waals surface area contributed by atoms with Crippen molar-refractivity contribution in [1.29, 1.82) is 5.26 Å². The number of rotatable bonds is 6. The summed E-state index contributed by atoms with van der Waals surface area (Å²) in [5.74, 6) is -2.04. The third-order valence-corrected chi connectivity index (χ3v) is 3.89. The van der Waals surface area contributed by atoms with E-state index in [2.05, 4.69) is 14.8 Å². The Bertz CT molecular complexity index is 802. The van der Waals surface area contributed by atoms with Gasteiger partial charge in [0.1, 0.15) is 11.8 Å². The number of anilines is 1. The molecule has 0 saturated carbocycles. The molecule has 0 amide bonds. The van der Waals surface area contributed by atoms with Crippen molar-refractivity contribution >= 4 is 29.4 Å². The predicted octanol–water partition coefficient (Wildman–Crippen LogP) is 3.45. The number of alkyl halides is 5. The summed E-state index contributed by atoms with van der Waals surface area (Å²) in [6.07, 6.45) is -5.17. The van der Waals surface area contributed by atoms with E-state index in [0.29, 0.717) is 6.08 Å². The minimum absolute atomic E-state index is 0.291. The Hall–Kier alpha value is -2.81. The molecule has 1 aromatic rings. The Morgan fingerprint density at radius 1 is 1.19 bits per heavy atom. The summed E-state index contributed by atoms with van der Waals surface area (Å²) in [5.41, 5.74) is -1.40. The van der Waals surface area contributed by atoms with Gasteiger partial charge in [0.15, 0.2) is 0 Å². The maximum absolute atomic E-state index is 13.3. The minimum Gasteiger partial charge on any atom is -0.466 e. The molecule has 1 aromatic carbocycles. The summed E-state index contributed by atoms with van der Waals surface area (Å²) in [6.45, 7) is 0. The van der Waals surface area contributed by atoms with Gasteiger partial charge in [-0.1, -0.05) is 6.07 Å². The number of nitriles is 1. The van der Waals surface area contributed by atoms with Crippen molar-refractivity contribution in [3.8, 4) is 6.07 Å². The van der Waals surface area contributed by atoms with E-state index in [1.54, 1.807) is 0 Å². The lowest BCUT2D eigenvalue weighted by atomic mass is 10.2. The van der Waals surface area contributed by atoms with Gasteiger partial charge < -0.3 is 14.8 Å². The van der Waals surface area contributed by atoms with Crippen molar-refractivity contribution in [2.45, 2.75) is 16.3 Å². The lowest BCUT2D eigenvalue weighted by Crippen LogP contribution is -2.32. The van der Waals surface area contributed by atoms with Crippen molar-refractivity contribution < 1.29 is 41.0 Å². The maximum Gasteiger partial charge on any atom is 0.464 e. The summed E-state index contributed by atoms with van der Waals surface area (Å²) < 4.78 is 72.6. The van der Waals surface area contributed by atoms with Gasteiger partial charge in [0.05, 0.1) is 31.5 Å². The number of halogens is 5. The smallest absolute Gasteiger partial charge is 0.464 e. The average Bonchev–Trinajstić information content (AvgIpc) is 2.59. The van der Waals surface area contributed by atoms with Crippen molar-refractivity contribution in [3.05, 3.63) is 35.5 Å². The van der Waals surface area contributed by atoms with E-state index in [4.69, 9.17) is 0 Å². The Balaban J connectivity index is 3.34. The van der Waals surface area contributed by atoms with Crippen LogP contribution in [0, 0.1) is 11.3 Å². The van der Waals surface area contributed by atoms with Gasteiger partial charge in [-0.15, -0.1) is 0 Å². The summed E-state index contributed by atoms with van der Waals surface area (Å²) in [6, 6.07) is 4.60. The van der Waals surface area contributed by atoms with Crippen LogP contribution in [-0.4, -0.2) is 37.6 Å². The summed E-state index contributed by atoms with van der Waals surface area (Å²) in [4.78, 5) is 22.3. The predicted molar refractivity (Wildman–Crippen MR) is 83.8 cm³/mol. The number of ether oxygens (including phenoxy) is 2. The van der Waals surface area contributed by atoms with Crippen LogP contribution in [0.5, 0.6) is 0 Å². The highest BCUT2D eigenvalue weighted by atomic mass is 32.2. The zero-order valence-electron chi connectivity index (χ0n) is 13.7. The molecule has 1 rings (SSSR count). The van der Waals surface area contributed by atoms with Gasteiger partial charge in [-0.25, -0.2) is 9.59 Å². The summed E-state index contributed by atoms with van der Waals surface area (Å²) >= 11 is -0.870. The molecule has 0 aliphatic heterocycles. The van der Waals surface area contributed by atoms with E-state index in [1.807, 2.05) is 0 Å². The van der Waals surface area contributed by atoms with Crippen LogP contribution in [-0.2, 0) is 19.1 Å². The van der Waals surface area contributed by atoms with Crippen LogP contribution in [0.1, 0.15) is 5.56 Å². The largest absolute Gasteiger partial charge is 0.466 e. The van der Waals surface area contributed by atoms with Crippen LogP contribution in [0.25, 0.3) is 0 Å². The Morgan fingerprint density at radius 2 is 1.81 bits per heavy atom. The first-order valence-electron chi connectivity index (χ1n) is 6.78. The van der Waals surface area contributed by atoms with Gasteiger partial charge in [0.2, 0.25) is 0 Å². The molecule has 0 atom stereocenters. The fraction of sp³-hybridized carbons (Fsp3) is 0.267. The third-order valence-electron chi connectivity index (χ3n) is 2.84. The van der Waals surface area contributed by atoms with Gasteiger partial charge in [-0.3, -0.25) is 0 Å². The maximum atomic E-state index is 13.3. The second kappa shape index (κ2) is 8.72. The van der Waals surface area contributed by atoms with Gasteiger partial charge >= 0.3 is 23.4 Å². The highest BCUT2D eigenvalue weighted by Crippen LogP contribution is 2.48. The number of nitrogens with one attached hydrogen (secondary N) is 1. The molecule has 12 heteroatoms. The second-order valence-corrected chi connectivity index (χ2v) is 5.76. The lowest BCUT2D eigenvalue weighted by Gasteiger charge is -2.20. The van der Waals surface area contributed by atoms with Crippen LogP contribution in [0.3, 0.4) is 0 Å². The molecule has 0 radical (unpaired) electrons. The molecule has 0 unspecified atom stereocenters. The van der Waals surface area contributed by atoms with Crippen LogP contribution in [0.2, 0.25) is 0 Å². The molecule has 146 valence electrons. The topological polar surface area (TPSA) is 88.4 Å². The average molecular weight is 410 g/mol. The highest BCUT2D eigenvalue weighted by Gasteiger charge is 2.58. The van der Waals surface area contributed by atoms with E-state index in [9.17, 15) is 36.8 Å². The Morgan fingerprint density at radius 3 is 2.30 bits per heavy atom. The number of carbonyl (C=O) groups excluding carboxylic acids is 2. The number of benzene rings is 1. The fourth-order valence-corrected chi connectivity index (χ4v) is 2.41. The molecular weight excluding hydrogens is 399 g/mol. The van der Waals surface area contributed by atoms with Gasteiger partial charge in [0.25, 0.3) is 0 Å². The standard InChI is InChI=1S/C15H11F5N2O4S/c1-25-12(23)6-10(13(24)26-2)22-9-4-3-5-11(8(9)7-21)27-15(19,20)14(16,17)18/h3-6,22H,1-2H3/b10-6+. The van der Waals surface area contributed by atoms with Crippen LogP contribution in [0.15, 0.2) is 34.9 Å². The first-order valence-corrected chi connectivity index (χ1v) is 7.60. The normalized spacial score (nSPS) is 12.1. The van der Waals surface area contributed by atoms with Crippen molar-refractivity contribution in [2.75, 3.05) is 19.5 Å². The van der Waals surface area contributed by atoms with E-state index in [-0.39, 0.29) is 5.69 Å². The van der Waals surface area contributed by atoms with Gasteiger partial charge in [0, 0.05) is 4.90 Å². The van der Waals surface area contributed by atoms with E-state index < -0.39 is 51.3 Å². The highest BCUT2D eigenvalue weighted by molar-refractivity contribution is 8.00. The van der Waals surface area contributed by atoms with Crippen molar-refractivity contribution in [2.24, 2.45) is 0 Å². The molecule has 0 spiro atoms. The van der Waals surface area contributed by atoms with Crippen LogP contribution >= 0.6 is 11.8 Å². The first kappa shape index (κ1) is 22.2. The number of carbonyl (C=O) groups is 2. The molecule has 0 heterocycles. The number of nitrogens with zero attached hydrogens (tertiary/aromatic N) is 1.